The first kappa shape index (κ1) is 17.4. The standard InChI is InChI=1S/C16H11Br.C5H10O/c17-15-11-10-12-6-4-5-9-14(12)16(15)13-7-2-1-3-8-13;1-3-5(6)4-2/h1-11H;3-4H2,1-2H3. The average Bonchev–Trinajstić information content (AvgIpc) is 2.62. The van der Waals surface area contributed by atoms with Gasteiger partial charge >= 0.3 is 0 Å². The quantitative estimate of drug-likeness (QED) is 0.505. The zero-order valence-corrected chi connectivity index (χ0v) is 15.1. The maximum Gasteiger partial charge on any atom is 0.132 e. The van der Waals surface area contributed by atoms with E-state index in [1.54, 1.807) is 0 Å². The highest BCUT2D eigenvalue weighted by Crippen LogP contribution is 2.35. The molecule has 0 N–H and O–H groups in total. The number of Topliss-reactive ketones (excluding diaryl/α,β-unsaturated/α-hetero) is 1. The van der Waals surface area contributed by atoms with Gasteiger partial charge in [-0.15, -0.1) is 0 Å². The minimum atomic E-state index is 0.343. The zero-order valence-electron chi connectivity index (χ0n) is 13.6. The van der Waals surface area contributed by atoms with Gasteiger partial charge in [0.15, 0.2) is 0 Å². The van der Waals surface area contributed by atoms with Gasteiger partial charge in [0.2, 0.25) is 0 Å². The lowest BCUT2D eigenvalue weighted by atomic mass is 9.98. The Morgan fingerprint density at radius 3 is 2.04 bits per heavy atom. The number of hydrogen-bond acceptors (Lipinski definition) is 1. The van der Waals surface area contributed by atoms with Crippen molar-refractivity contribution in [2.24, 2.45) is 0 Å². The summed E-state index contributed by atoms with van der Waals surface area (Å²) in [4.78, 5) is 10.2. The molecule has 0 saturated heterocycles. The second-order valence-corrected chi connectivity index (χ2v) is 6.11. The van der Waals surface area contributed by atoms with Gasteiger partial charge in [-0.3, -0.25) is 4.79 Å². The van der Waals surface area contributed by atoms with Crippen LogP contribution in [-0.2, 0) is 4.79 Å². The Labute approximate surface area is 146 Å². The Kier molecular flexibility index (Phi) is 6.54. The van der Waals surface area contributed by atoms with Crippen LogP contribution in [0.2, 0.25) is 0 Å². The predicted molar refractivity (Wildman–Crippen MR) is 103 cm³/mol. The molecule has 0 radical (unpaired) electrons. The van der Waals surface area contributed by atoms with E-state index in [0.717, 1.165) is 4.47 Å². The van der Waals surface area contributed by atoms with E-state index in [9.17, 15) is 4.79 Å². The summed E-state index contributed by atoms with van der Waals surface area (Å²) >= 11 is 3.65. The molecule has 0 aromatic heterocycles. The van der Waals surface area contributed by atoms with Gasteiger partial charge in [-0.2, -0.15) is 0 Å². The molecule has 3 rings (SSSR count). The molecule has 0 aliphatic carbocycles. The summed E-state index contributed by atoms with van der Waals surface area (Å²) in [5.41, 5.74) is 2.51. The summed E-state index contributed by atoms with van der Waals surface area (Å²) in [6.07, 6.45) is 1.38. The molecule has 0 atom stereocenters. The molecule has 3 aromatic carbocycles. The van der Waals surface area contributed by atoms with Crippen molar-refractivity contribution in [3.63, 3.8) is 0 Å². The van der Waals surface area contributed by atoms with Crippen molar-refractivity contribution in [2.45, 2.75) is 26.7 Å². The van der Waals surface area contributed by atoms with Crippen molar-refractivity contribution in [1.29, 1.82) is 0 Å². The Morgan fingerprint density at radius 2 is 1.43 bits per heavy atom. The van der Waals surface area contributed by atoms with Crippen molar-refractivity contribution < 1.29 is 4.79 Å². The molecule has 0 aliphatic rings. The van der Waals surface area contributed by atoms with Gasteiger partial charge in [0.1, 0.15) is 5.78 Å². The van der Waals surface area contributed by atoms with Crippen LogP contribution in [0.3, 0.4) is 0 Å². The largest absolute Gasteiger partial charge is 0.300 e. The van der Waals surface area contributed by atoms with E-state index < -0.39 is 0 Å². The van der Waals surface area contributed by atoms with Gasteiger partial charge in [0.05, 0.1) is 0 Å². The smallest absolute Gasteiger partial charge is 0.132 e. The number of benzene rings is 3. The molecular weight excluding hydrogens is 348 g/mol. The molecule has 3 aromatic rings. The average molecular weight is 369 g/mol. The second-order valence-electron chi connectivity index (χ2n) is 5.26. The topological polar surface area (TPSA) is 17.1 Å². The first-order chi connectivity index (χ1) is 11.2. The fraction of sp³-hybridized carbons (Fsp3) is 0.190. The summed E-state index contributed by atoms with van der Waals surface area (Å²) in [6.45, 7) is 3.76. The molecule has 0 unspecified atom stereocenters. The van der Waals surface area contributed by atoms with Crippen molar-refractivity contribution in [3.8, 4) is 11.1 Å². The third-order valence-corrected chi connectivity index (χ3v) is 4.39. The number of ketones is 1. The van der Waals surface area contributed by atoms with Crippen LogP contribution >= 0.6 is 15.9 Å². The van der Waals surface area contributed by atoms with Gasteiger partial charge in [-0.1, -0.05) is 90.4 Å². The third kappa shape index (κ3) is 4.52. The van der Waals surface area contributed by atoms with E-state index in [1.807, 2.05) is 19.9 Å². The van der Waals surface area contributed by atoms with Gasteiger partial charge < -0.3 is 0 Å². The van der Waals surface area contributed by atoms with Crippen LogP contribution in [0.15, 0.2) is 71.2 Å². The molecule has 0 heterocycles. The van der Waals surface area contributed by atoms with Crippen LogP contribution in [0.5, 0.6) is 0 Å². The molecule has 0 aliphatic heterocycles. The highest BCUT2D eigenvalue weighted by Gasteiger charge is 2.07. The number of hydrogen-bond donors (Lipinski definition) is 0. The third-order valence-electron chi connectivity index (χ3n) is 3.73. The Hall–Kier alpha value is -1.93. The minimum absolute atomic E-state index is 0.343. The lowest BCUT2D eigenvalue weighted by Gasteiger charge is -2.09. The number of carbonyl (C=O) groups is 1. The highest BCUT2D eigenvalue weighted by molar-refractivity contribution is 9.10. The minimum Gasteiger partial charge on any atom is -0.300 e. The normalized spacial score (nSPS) is 10.0. The molecule has 0 fully saturated rings. The number of carbonyl (C=O) groups excluding carboxylic acids is 1. The van der Waals surface area contributed by atoms with Crippen LogP contribution < -0.4 is 0 Å². The molecule has 0 amide bonds. The van der Waals surface area contributed by atoms with Crippen molar-refractivity contribution in [3.05, 3.63) is 71.2 Å². The molecule has 23 heavy (non-hydrogen) atoms. The summed E-state index contributed by atoms with van der Waals surface area (Å²) in [5.74, 6) is 0.343. The van der Waals surface area contributed by atoms with Gasteiger partial charge in [-0.05, 0) is 22.4 Å². The number of halogens is 1. The zero-order chi connectivity index (χ0) is 16.7. The van der Waals surface area contributed by atoms with E-state index in [-0.39, 0.29) is 0 Å². The highest BCUT2D eigenvalue weighted by atomic mass is 79.9. The summed E-state index contributed by atoms with van der Waals surface area (Å²) in [6, 6.07) is 23.2. The molecule has 118 valence electrons. The van der Waals surface area contributed by atoms with Crippen molar-refractivity contribution in [1.82, 2.24) is 0 Å². The van der Waals surface area contributed by atoms with Crippen LogP contribution in [0, 0.1) is 0 Å². The molecule has 1 nitrogen and oxygen atoms in total. The van der Waals surface area contributed by atoms with Crippen molar-refractivity contribution in [2.75, 3.05) is 0 Å². The molecule has 0 bridgehead atoms. The van der Waals surface area contributed by atoms with Crippen LogP contribution in [0.4, 0.5) is 0 Å². The monoisotopic (exact) mass is 368 g/mol. The molecule has 0 spiro atoms. The number of fused-ring (bicyclic) bond motifs is 1. The van der Waals surface area contributed by atoms with E-state index in [2.05, 4.69) is 76.6 Å². The number of rotatable bonds is 3. The first-order valence-electron chi connectivity index (χ1n) is 7.91. The fourth-order valence-electron chi connectivity index (χ4n) is 2.39. The molecule has 0 saturated carbocycles. The lowest BCUT2D eigenvalue weighted by Crippen LogP contribution is -1.88. The van der Waals surface area contributed by atoms with Crippen molar-refractivity contribution >= 4 is 32.5 Å². The summed E-state index contributed by atoms with van der Waals surface area (Å²) in [7, 11) is 0. The van der Waals surface area contributed by atoms with Gasteiger partial charge in [-0.25, -0.2) is 0 Å². The summed E-state index contributed by atoms with van der Waals surface area (Å²) in [5, 5.41) is 2.56. The van der Waals surface area contributed by atoms with Gasteiger partial charge in [0, 0.05) is 22.9 Å². The molecule has 2 heteroatoms. The molecular formula is C21H21BrO. The Bertz CT molecular complexity index is 772. The second kappa shape index (κ2) is 8.64. The van der Waals surface area contributed by atoms with E-state index in [0.29, 0.717) is 18.6 Å². The van der Waals surface area contributed by atoms with E-state index in [4.69, 9.17) is 0 Å². The predicted octanol–water partition coefficient (Wildman–Crippen LogP) is 6.64. The van der Waals surface area contributed by atoms with Gasteiger partial charge in [0.25, 0.3) is 0 Å². The van der Waals surface area contributed by atoms with E-state index >= 15 is 0 Å². The van der Waals surface area contributed by atoms with Crippen LogP contribution in [0.25, 0.3) is 21.9 Å². The maximum atomic E-state index is 10.2. The van der Waals surface area contributed by atoms with Crippen LogP contribution in [0.1, 0.15) is 26.7 Å². The lowest BCUT2D eigenvalue weighted by molar-refractivity contribution is -0.118. The Balaban J connectivity index is 0.000000277. The van der Waals surface area contributed by atoms with Crippen LogP contribution in [-0.4, -0.2) is 5.78 Å². The fourth-order valence-corrected chi connectivity index (χ4v) is 2.97. The Morgan fingerprint density at radius 1 is 0.826 bits per heavy atom. The summed E-state index contributed by atoms with van der Waals surface area (Å²) < 4.78 is 1.14. The first-order valence-corrected chi connectivity index (χ1v) is 8.71. The van der Waals surface area contributed by atoms with E-state index in [1.165, 1.54) is 21.9 Å². The maximum absolute atomic E-state index is 10.2. The SMILES string of the molecule is Brc1ccc2ccccc2c1-c1ccccc1.CCC(=O)CC.